The standard InChI is InChI=1S/C28H26ClN3O4S/c1-15-14-32(26-9-16(2)36-31-26)17(3)22(15)5-8-27(34)30-13-21-11-20-10-19(12-23(29)28(20)35-21)25-7-6-24(37-25)18(4)33/h5-10,12,14,21H,11,13H2,1-4H3,(H,30,34). The van der Waals surface area contributed by atoms with Crippen LogP contribution in [0.4, 0.5) is 0 Å². The van der Waals surface area contributed by atoms with Gasteiger partial charge in [-0.2, -0.15) is 0 Å². The average Bonchev–Trinajstić information content (AvgIpc) is 3.63. The fourth-order valence-corrected chi connectivity index (χ4v) is 5.66. The monoisotopic (exact) mass is 535 g/mol. The Morgan fingerprint density at radius 2 is 2.05 bits per heavy atom. The molecule has 37 heavy (non-hydrogen) atoms. The first-order valence-corrected chi connectivity index (χ1v) is 13.1. The van der Waals surface area contributed by atoms with Crippen molar-refractivity contribution in [1.29, 1.82) is 0 Å². The lowest BCUT2D eigenvalue weighted by Crippen LogP contribution is -2.33. The summed E-state index contributed by atoms with van der Waals surface area (Å²) in [5, 5.41) is 7.53. The third kappa shape index (κ3) is 5.12. The van der Waals surface area contributed by atoms with Crippen molar-refractivity contribution in [2.45, 2.75) is 40.2 Å². The number of amides is 1. The van der Waals surface area contributed by atoms with Gasteiger partial charge in [0.1, 0.15) is 17.6 Å². The van der Waals surface area contributed by atoms with Crippen molar-refractivity contribution < 1.29 is 18.8 Å². The molecule has 1 atom stereocenters. The van der Waals surface area contributed by atoms with E-state index in [0.29, 0.717) is 34.4 Å². The van der Waals surface area contributed by atoms with Crippen LogP contribution < -0.4 is 10.1 Å². The van der Waals surface area contributed by atoms with Crippen LogP contribution in [0.3, 0.4) is 0 Å². The minimum Gasteiger partial charge on any atom is -0.486 e. The number of halogens is 1. The van der Waals surface area contributed by atoms with Gasteiger partial charge in [0.15, 0.2) is 11.6 Å². The maximum absolute atomic E-state index is 12.6. The Morgan fingerprint density at radius 3 is 2.76 bits per heavy atom. The summed E-state index contributed by atoms with van der Waals surface area (Å²) in [4.78, 5) is 25.9. The molecule has 1 aliphatic heterocycles. The smallest absolute Gasteiger partial charge is 0.244 e. The number of nitrogens with zero attached hydrogens (tertiary/aromatic N) is 2. The van der Waals surface area contributed by atoms with Crippen LogP contribution in [0.15, 0.2) is 47.1 Å². The van der Waals surface area contributed by atoms with E-state index >= 15 is 0 Å². The van der Waals surface area contributed by atoms with Crippen LogP contribution in [0.25, 0.3) is 22.3 Å². The van der Waals surface area contributed by atoms with E-state index in [1.807, 2.05) is 67.9 Å². The summed E-state index contributed by atoms with van der Waals surface area (Å²) in [7, 11) is 0. The summed E-state index contributed by atoms with van der Waals surface area (Å²) in [5.41, 5.74) is 4.90. The predicted molar refractivity (Wildman–Crippen MR) is 145 cm³/mol. The van der Waals surface area contributed by atoms with Gasteiger partial charge >= 0.3 is 0 Å². The van der Waals surface area contributed by atoms with E-state index in [1.54, 1.807) is 6.92 Å². The highest BCUT2D eigenvalue weighted by Crippen LogP contribution is 2.41. The number of thiophene rings is 1. The van der Waals surface area contributed by atoms with Gasteiger partial charge in [-0.3, -0.25) is 9.59 Å². The third-order valence-electron chi connectivity index (χ3n) is 6.36. The Kier molecular flexibility index (Phi) is 6.79. The maximum Gasteiger partial charge on any atom is 0.244 e. The van der Waals surface area contributed by atoms with E-state index in [0.717, 1.165) is 38.6 Å². The zero-order valence-electron chi connectivity index (χ0n) is 20.9. The molecule has 4 heterocycles. The molecule has 3 aromatic heterocycles. The fourth-order valence-electron chi connectivity index (χ4n) is 4.49. The second-order valence-corrected chi connectivity index (χ2v) is 10.7. The normalized spacial score (nSPS) is 14.7. The molecule has 1 aliphatic rings. The zero-order chi connectivity index (χ0) is 26.3. The molecule has 0 spiro atoms. The number of ketones is 1. The molecular formula is C28H26ClN3O4S. The summed E-state index contributed by atoms with van der Waals surface area (Å²) < 4.78 is 13.2. The molecule has 1 unspecified atom stereocenters. The number of rotatable bonds is 7. The Hall–Kier alpha value is -3.62. The summed E-state index contributed by atoms with van der Waals surface area (Å²) in [6, 6.07) is 9.54. The molecule has 4 aromatic rings. The largest absolute Gasteiger partial charge is 0.486 e. The van der Waals surface area contributed by atoms with Gasteiger partial charge in [0.25, 0.3) is 0 Å². The number of hydrogen-bond donors (Lipinski definition) is 1. The van der Waals surface area contributed by atoms with Crippen molar-refractivity contribution in [2.24, 2.45) is 0 Å². The number of ether oxygens (including phenoxy) is 1. The average molecular weight is 536 g/mol. The van der Waals surface area contributed by atoms with Crippen LogP contribution in [-0.4, -0.2) is 34.1 Å². The number of nitrogens with one attached hydrogen (secondary N) is 1. The van der Waals surface area contributed by atoms with E-state index in [1.165, 1.54) is 17.4 Å². The van der Waals surface area contributed by atoms with E-state index in [2.05, 4.69) is 10.5 Å². The molecule has 0 saturated carbocycles. The number of carbonyl (C=O) groups excluding carboxylic acids is 2. The number of fused-ring (bicyclic) bond motifs is 1. The summed E-state index contributed by atoms with van der Waals surface area (Å²) in [6.45, 7) is 7.74. The van der Waals surface area contributed by atoms with Crippen molar-refractivity contribution in [3.63, 3.8) is 0 Å². The number of aryl methyl sites for hydroxylation is 2. The van der Waals surface area contributed by atoms with Crippen LogP contribution in [-0.2, 0) is 11.2 Å². The molecule has 9 heteroatoms. The first-order valence-electron chi connectivity index (χ1n) is 11.9. The molecule has 0 saturated heterocycles. The zero-order valence-corrected chi connectivity index (χ0v) is 22.5. The Labute approximate surface area is 223 Å². The lowest BCUT2D eigenvalue weighted by atomic mass is 10.1. The van der Waals surface area contributed by atoms with Gasteiger partial charge < -0.3 is 19.1 Å². The Bertz CT molecular complexity index is 1540. The Morgan fingerprint density at radius 1 is 1.24 bits per heavy atom. The highest BCUT2D eigenvalue weighted by Gasteiger charge is 2.26. The van der Waals surface area contributed by atoms with Crippen LogP contribution in [0.2, 0.25) is 5.02 Å². The SMILES string of the molecule is CC(=O)c1ccc(-c2cc(Cl)c3c(c2)CC(CNC(=O)C=Cc2c(C)cn(-c4cc(C)on4)c2C)O3)s1. The molecule has 7 nitrogen and oxygen atoms in total. The lowest BCUT2D eigenvalue weighted by Gasteiger charge is -2.11. The first kappa shape index (κ1) is 25.0. The molecule has 1 aromatic carbocycles. The van der Waals surface area contributed by atoms with Crippen LogP contribution in [0, 0.1) is 20.8 Å². The minimum absolute atomic E-state index is 0.0460. The highest BCUT2D eigenvalue weighted by atomic mass is 35.5. The second kappa shape index (κ2) is 10.0. The minimum atomic E-state index is -0.212. The highest BCUT2D eigenvalue weighted by molar-refractivity contribution is 7.17. The van der Waals surface area contributed by atoms with Crippen LogP contribution in [0.5, 0.6) is 5.75 Å². The summed E-state index contributed by atoms with van der Waals surface area (Å²) in [5.74, 6) is 1.94. The van der Waals surface area contributed by atoms with Crippen molar-refractivity contribution in [2.75, 3.05) is 6.54 Å². The fraction of sp³-hybridized carbons (Fsp3) is 0.250. The lowest BCUT2D eigenvalue weighted by molar-refractivity contribution is -0.116. The van der Waals surface area contributed by atoms with Gasteiger partial charge in [-0.05, 0) is 74.7 Å². The quantitative estimate of drug-likeness (QED) is 0.228. The van der Waals surface area contributed by atoms with E-state index < -0.39 is 0 Å². The number of carbonyl (C=O) groups is 2. The van der Waals surface area contributed by atoms with Gasteiger partial charge in [0.2, 0.25) is 5.91 Å². The topological polar surface area (TPSA) is 86.4 Å². The van der Waals surface area contributed by atoms with Crippen molar-refractivity contribution in [3.05, 3.63) is 80.6 Å². The van der Waals surface area contributed by atoms with Crippen LogP contribution >= 0.6 is 22.9 Å². The number of benzene rings is 1. The second-order valence-electron chi connectivity index (χ2n) is 9.17. The summed E-state index contributed by atoms with van der Waals surface area (Å²) >= 11 is 7.97. The maximum atomic E-state index is 12.6. The molecule has 1 amide bonds. The van der Waals surface area contributed by atoms with Crippen molar-refractivity contribution in [3.8, 4) is 22.0 Å². The van der Waals surface area contributed by atoms with Crippen LogP contribution in [0.1, 0.15) is 44.7 Å². The predicted octanol–water partition coefficient (Wildman–Crippen LogP) is 6.11. The van der Waals surface area contributed by atoms with Gasteiger partial charge in [-0.25, -0.2) is 0 Å². The molecule has 0 radical (unpaired) electrons. The van der Waals surface area contributed by atoms with Crippen molar-refractivity contribution >= 4 is 40.7 Å². The first-order chi connectivity index (χ1) is 17.7. The van der Waals surface area contributed by atoms with Gasteiger partial charge in [0.05, 0.1) is 16.4 Å². The van der Waals surface area contributed by atoms with Gasteiger partial charge in [-0.1, -0.05) is 16.8 Å². The molecule has 0 bridgehead atoms. The Balaban J connectivity index is 1.22. The number of hydrogen-bond acceptors (Lipinski definition) is 6. The van der Waals surface area contributed by atoms with Gasteiger partial charge in [0, 0.05) is 40.9 Å². The molecule has 0 fully saturated rings. The van der Waals surface area contributed by atoms with E-state index in [9.17, 15) is 9.59 Å². The number of aromatic nitrogens is 2. The van der Waals surface area contributed by atoms with E-state index in [4.69, 9.17) is 20.9 Å². The summed E-state index contributed by atoms with van der Waals surface area (Å²) in [6.07, 6.45) is 5.74. The van der Waals surface area contributed by atoms with Crippen molar-refractivity contribution in [1.82, 2.24) is 15.0 Å². The molecule has 5 rings (SSSR count). The molecular weight excluding hydrogens is 510 g/mol. The third-order valence-corrected chi connectivity index (χ3v) is 7.87. The van der Waals surface area contributed by atoms with E-state index in [-0.39, 0.29) is 17.8 Å². The molecule has 190 valence electrons. The number of Topliss-reactive ketones (excluding diaryl/α,β-unsaturated/α-hetero) is 1. The van der Waals surface area contributed by atoms with Gasteiger partial charge in [-0.15, -0.1) is 11.3 Å². The molecule has 1 N–H and O–H groups in total. The molecule has 0 aliphatic carbocycles.